The molecule has 15 heavy (non-hydrogen) atoms. The van der Waals surface area contributed by atoms with Crippen molar-refractivity contribution in [2.24, 2.45) is 23.7 Å². The minimum atomic E-state index is 0.351. The Labute approximate surface area is 91.0 Å². The van der Waals surface area contributed by atoms with Gasteiger partial charge in [-0.2, -0.15) is 0 Å². The summed E-state index contributed by atoms with van der Waals surface area (Å²) in [5.74, 6) is 2.48. The fourth-order valence-electron chi connectivity index (χ4n) is 4.19. The average molecular weight is 208 g/mol. The van der Waals surface area contributed by atoms with Crippen LogP contribution in [-0.2, 0) is 0 Å². The molecule has 0 spiro atoms. The Morgan fingerprint density at radius 3 is 2.73 bits per heavy atom. The predicted molar refractivity (Wildman–Crippen MR) is 58.2 cm³/mol. The summed E-state index contributed by atoms with van der Waals surface area (Å²) < 4.78 is 0. The molecule has 0 radical (unpaired) electrons. The summed E-state index contributed by atoms with van der Waals surface area (Å²) in [5, 5.41) is 18.6. The van der Waals surface area contributed by atoms with E-state index in [1.54, 1.807) is 11.1 Å². The SMILES string of the molecule is OCC1CC2=C3CCC(C(CO)C3)C2C1. The predicted octanol–water partition coefficient (Wildman–Crippen LogP) is 1.72. The largest absolute Gasteiger partial charge is 0.396 e. The van der Waals surface area contributed by atoms with Crippen LogP contribution in [0.4, 0.5) is 0 Å². The first-order chi connectivity index (χ1) is 7.33. The maximum Gasteiger partial charge on any atom is 0.0465 e. The summed E-state index contributed by atoms with van der Waals surface area (Å²) >= 11 is 0. The summed E-state index contributed by atoms with van der Waals surface area (Å²) in [4.78, 5) is 0. The van der Waals surface area contributed by atoms with Crippen LogP contribution in [0.2, 0.25) is 0 Å². The molecule has 2 saturated carbocycles. The van der Waals surface area contributed by atoms with E-state index in [1.165, 1.54) is 19.3 Å². The molecule has 0 saturated heterocycles. The number of hydrogen-bond donors (Lipinski definition) is 2. The highest BCUT2D eigenvalue weighted by atomic mass is 16.3. The molecule has 4 aliphatic rings. The van der Waals surface area contributed by atoms with Crippen LogP contribution in [0.15, 0.2) is 11.1 Å². The second-order valence-corrected chi connectivity index (χ2v) is 5.57. The quantitative estimate of drug-likeness (QED) is 0.678. The highest BCUT2D eigenvalue weighted by molar-refractivity contribution is 5.29. The fourth-order valence-corrected chi connectivity index (χ4v) is 4.19. The lowest BCUT2D eigenvalue weighted by molar-refractivity contribution is 0.106. The number of aliphatic hydroxyl groups excluding tert-OH is 2. The first-order valence-electron chi connectivity index (χ1n) is 6.26. The van der Waals surface area contributed by atoms with Gasteiger partial charge in [0.15, 0.2) is 0 Å². The molecule has 4 aliphatic carbocycles. The third kappa shape index (κ3) is 1.38. The van der Waals surface area contributed by atoms with Crippen molar-refractivity contribution in [1.82, 2.24) is 0 Å². The van der Waals surface area contributed by atoms with Gasteiger partial charge in [0.1, 0.15) is 0 Å². The summed E-state index contributed by atoms with van der Waals surface area (Å²) in [6, 6.07) is 0. The highest BCUT2D eigenvalue weighted by Crippen LogP contribution is 2.55. The third-order valence-corrected chi connectivity index (χ3v) is 4.90. The van der Waals surface area contributed by atoms with Crippen LogP contribution in [0.3, 0.4) is 0 Å². The lowest BCUT2D eigenvalue weighted by atomic mass is 9.62. The molecule has 84 valence electrons. The molecular weight excluding hydrogens is 188 g/mol. The van der Waals surface area contributed by atoms with E-state index in [4.69, 9.17) is 0 Å². The maximum atomic E-state index is 9.38. The van der Waals surface area contributed by atoms with Crippen molar-refractivity contribution in [3.8, 4) is 0 Å². The molecule has 0 amide bonds. The maximum absolute atomic E-state index is 9.38. The van der Waals surface area contributed by atoms with Gasteiger partial charge in [0.25, 0.3) is 0 Å². The minimum Gasteiger partial charge on any atom is -0.396 e. The van der Waals surface area contributed by atoms with Crippen LogP contribution < -0.4 is 0 Å². The van der Waals surface area contributed by atoms with Gasteiger partial charge in [-0.05, 0) is 55.8 Å². The van der Waals surface area contributed by atoms with Crippen molar-refractivity contribution < 1.29 is 10.2 Å². The zero-order valence-electron chi connectivity index (χ0n) is 9.15. The summed E-state index contributed by atoms with van der Waals surface area (Å²) in [6.07, 6.45) is 6.02. The van der Waals surface area contributed by atoms with Gasteiger partial charge in [-0.25, -0.2) is 0 Å². The van der Waals surface area contributed by atoms with Crippen molar-refractivity contribution in [3.05, 3.63) is 11.1 Å². The standard InChI is InChI=1S/C13H20O2/c14-6-8-3-12-9-1-2-11(13(12)4-8)10(5-9)7-15/h8,10-11,13-15H,1-7H2. The summed E-state index contributed by atoms with van der Waals surface area (Å²) in [7, 11) is 0. The second-order valence-electron chi connectivity index (χ2n) is 5.57. The van der Waals surface area contributed by atoms with Crippen LogP contribution in [0.5, 0.6) is 0 Å². The molecule has 0 aromatic carbocycles. The second kappa shape index (κ2) is 3.60. The van der Waals surface area contributed by atoms with Gasteiger partial charge in [-0.1, -0.05) is 11.1 Å². The number of hydrogen-bond acceptors (Lipinski definition) is 2. The Morgan fingerprint density at radius 2 is 2.00 bits per heavy atom. The molecule has 2 bridgehead atoms. The van der Waals surface area contributed by atoms with E-state index < -0.39 is 0 Å². The molecule has 4 unspecified atom stereocenters. The Balaban J connectivity index is 1.89. The topological polar surface area (TPSA) is 40.5 Å². The first-order valence-corrected chi connectivity index (χ1v) is 6.26. The van der Waals surface area contributed by atoms with Crippen LogP contribution in [0, 0.1) is 23.7 Å². The fraction of sp³-hybridized carbons (Fsp3) is 0.846. The van der Waals surface area contributed by atoms with Gasteiger partial charge >= 0.3 is 0 Å². The van der Waals surface area contributed by atoms with Crippen LogP contribution in [-0.4, -0.2) is 23.4 Å². The monoisotopic (exact) mass is 208 g/mol. The number of fused-ring (bicyclic) bond motifs is 2. The van der Waals surface area contributed by atoms with Crippen LogP contribution in [0.1, 0.15) is 32.1 Å². The smallest absolute Gasteiger partial charge is 0.0465 e. The molecule has 2 nitrogen and oxygen atoms in total. The van der Waals surface area contributed by atoms with Crippen molar-refractivity contribution in [3.63, 3.8) is 0 Å². The van der Waals surface area contributed by atoms with Crippen molar-refractivity contribution >= 4 is 0 Å². The van der Waals surface area contributed by atoms with E-state index >= 15 is 0 Å². The Kier molecular flexibility index (Phi) is 2.37. The normalized spacial score (nSPS) is 43.6. The number of aliphatic hydroxyl groups is 2. The van der Waals surface area contributed by atoms with E-state index in [-0.39, 0.29) is 0 Å². The average Bonchev–Trinajstić information content (AvgIpc) is 2.74. The number of rotatable bonds is 2. The van der Waals surface area contributed by atoms with E-state index in [0.29, 0.717) is 25.0 Å². The van der Waals surface area contributed by atoms with E-state index in [2.05, 4.69) is 0 Å². The Morgan fingerprint density at radius 1 is 1.13 bits per heavy atom. The van der Waals surface area contributed by atoms with Crippen LogP contribution >= 0.6 is 0 Å². The molecule has 0 aliphatic heterocycles. The Bertz CT molecular complexity index is 295. The van der Waals surface area contributed by atoms with Crippen molar-refractivity contribution in [2.45, 2.75) is 32.1 Å². The lowest BCUT2D eigenvalue weighted by Crippen LogP contribution is -2.35. The lowest BCUT2D eigenvalue weighted by Gasteiger charge is -2.43. The van der Waals surface area contributed by atoms with Gasteiger partial charge in [-0.3, -0.25) is 0 Å². The molecule has 0 heterocycles. The third-order valence-electron chi connectivity index (χ3n) is 4.90. The molecule has 2 heteroatoms. The first kappa shape index (κ1) is 9.86. The molecule has 4 rings (SSSR count). The highest BCUT2D eigenvalue weighted by Gasteiger charge is 2.45. The zero-order valence-corrected chi connectivity index (χ0v) is 9.15. The van der Waals surface area contributed by atoms with E-state index in [9.17, 15) is 10.2 Å². The zero-order chi connectivity index (χ0) is 10.4. The van der Waals surface area contributed by atoms with E-state index in [0.717, 1.165) is 24.7 Å². The summed E-state index contributed by atoms with van der Waals surface area (Å²) in [5.41, 5.74) is 3.31. The van der Waals surface area contributed by atoms with Crippen LogP contribution in [0.25, 0.3) is 0 Å². The summed E-state index contributed by atoms with van der Waals surface area (Å²) in [6.45, 7) is 0.714. The van der Waals surface area contributed by atoms with Crippen molar-refractivity contribution in [2.75, 3.05) is 13.2 Å². The Hall–Kier alpha value is -0.340. The minimum absolute atomic E-state index is 0.351. The molecule has 2 fully saturated rings. The van der Waals surface area contributed by atoms with Gasteiger partial charge < -0.3 is 10.2 Å². The van der Waals surface area contributed by atoms with Gasteiger partial charge in [0.2, 0.25) is 0 Å². The molecule has 2 N–H and O–H groups in total. The van der Waals surface area contributed by atoms with Gasteiger partial charge in [-0.15, -0.1) is 0 Å². The van der Waals surface area contributed by atoms with Gasteiger partial charge in [0.05, 0.1) is 0 Å². The van der Waals surface area contributed by atoms with E-state index in [1.807, 2.05) is 0 Å². The molecular formula is C13H20O2. The molecule has 0 aromatic rings. The molecule has 0 aromatic heterocycles. The number of allylic oxidation sites excluding steroid dienone is 2. The van der Waals surface area contributed by atoms with Crippen molar-refractivity contribution in [1.29, 1.82) is 0 Å². The molecule has 4 atom stereocenters. The van der Waals surface area contributed by atoms with Gasteiger partial charge in [0, 0.05) is 13.2 Å².